The van der Waals surface area contributed by atoms with Crippen molar-refractivity contribution in [1.82, 2.24) is 4.90 Å². The van der Waals surface area contributed by atoms with Crippen molar-refractivity contribution in [3.8, 4) is 6.07 Å². The molecule has 0 amide bonds. The second-order valence-corrected chi connectivity index (χ2v) is 3.76. The summed E-state index contributed by atoms with van der Waals surface area (Å²) in [6.45, 7) is 3.72. The summed E-state index contributed by atoms with van der Waals surface area (Å²) >= 11 is 0. The van der Waals surface area contributed by atoms with Gasteiger partial charge in [-0.15, -0.1) is 0 Å². The van der Waals surface area contributed by atoms with Crippen LogP contribution in [0, 0.1) is 17.2 Å². The predicted octanol–water partition coefficient (Wildman–Crippen LogP) is 0.569. The molecule has 1 aliphatic carbocycles. The van der Waals surface area contributed by atoms with Crippen LogP contribution < -0.4 is 5.73 Å². The van der Waals surface area contributed by atoms with Crippen LogP contribution in [0.4, 0.5) is 0 Å². The zero-order chi connectivity index (χ0) is 9.19. The van der Waals surface area contributed by atoms with Gasteiger partial charge in [-0.1, -0.05) is 6.92 Å². The van der Waals surface area contributed by atoms with Gasteiger partial charge in [-0.25, -0.2) is 0 Å². The monoisotopic (exact) mass is 167 g/mol. The molecule has 1 saturated carbocycles. The highest BCUT2D eigenvalue weighted by molar-refractivity contribution is 5.14. The zero-order valence-corrected chi connectivity index (χ0v) is 7.88. The first-order valence-corrected chi connectivity index (χ1v) is 4.51. The quantitative estimate of drug-likeness (QED) is 0.666. The van der Waals surface area contributed by atoms with Crippen LogP contribution in [-0.4, -0.2) is 30.6 Å². The number of hydrogen-bond acceptors (Lipinski definition) is 3. The Morgan fingerprint density at radius 3 is 2.58 bits per heavy atom. The third kappa shape index (κ3) is 1.96. The molecule has 1 unspecified atom stereocenters. The summed E-state index contributed by atoms with van der Waals surface area (Å²) in [5, 5.41) is 8.94. The second kappa shape index (κ2) is 3.42. The zero-order valence-electron chi connectivity index (χ0n) is 7.88. The van der Waals surface area contributed by atoms with Gasteiger partial charge in [0.15, 0.2) is 0 Å². The van der Waals surface area contributed by atoms with E-state index in [1.54, 1.807) is 0 Å². The number of nitrogens with zero attached hydrogens (tertiary/aromatic N) is 2. The first-order chi connectivity index (χ1) is 5.62. The van der Waals surface area contributed by atoms with Crippen molar-refractivity contribution in [2.75, 3.05) is 20.1 Å². The summed E-state index contributed by atoms with van der Waals surface area (Å²) in [5.41, 5.74) is 5.38. The average molecular weight is 167 g/mol. The molecule has 1 aliphatic rings. The summed E-state index contributed by atoms with van der Waals surface area (Å²) in [7, 11) is 2.00. The molecule has 0 bridgehead atoms. The topological polar surface area (TPSA) is 53.0 Å². The Kier molecular flexibility index (Phi) is 2.71. The van der Waals surface area contributed by atoms with Gasteiger partial charge in [-0.05, 0) is 32.4 Å². The van der Waals surface area contributed by atoms with Crippen molar-refractivity contribution in [1.29, 1.82) is 5.26 Å². The van der Waals surface area contributed by atoms with Crippen LogP contribution in [-0.2, 0) is 0 Å². The highest BCUT2D eigenvalue weighted by Gasteiger charge is 2.42. The summed E-state index contributed by atoms with van der Waals surface area (Å²) in [6.07, 6.45) is 2.25. The number of hydrogen-bond donors (Lipinski definition) is 1. The maximum absolute atomic E-state index is 8.94. The van der Waals surface area contributed by atoms with Crippen LogP contribution in [0.1, 0.15) is 19.8 Å². The number of nitrogens with two attached hydrogens (primary N) is 1. The molecule has 2 N–H and O–H groups in total. The molecule has 0 spiro atoms. The largest absolute Gasteiger partial charge is 0.312 e. The van der Waals surface area contributed by atoms with Gasteiger partial charge in [0.2, 0.25) is 0 Å². The standard InChI is InChI=1S/C9H17N3/c1-3-12(2)7-9(11,6-10)8-4-5-8/h8H,3-5,7,11H2,1-2H3. The van der Waals surface area contributed by atoms with E-state index in [9.17, 15) is 0 Å². The molecular formula is C9H17N3. The Labute approximate surface area is 74.1 Å². The Bertz CT molecular complexity index is 192. The lowest BCUT2D eigenvalue weighted by Gasteiger charge is -2.26. The highest BCUT2D eigenvalue weighted by Crippen LogP contribution is 2.38. The van der Waals surface area contributed by atoms with Crippen LogP contribution in [0.15, 0.2) is 0 Å². The lowest BCUT2D eigenvalue weighted by molar-refractivity contribution is 0.274. The Hall–Kier alpha value is -0.590. The van der Waals surface area contributed by atoms with Crippen LogP contribution >= 0.6 is 0 Å². The molecule has 0 aromatic rings. The molecule has 3 heteroatoms. The van der Waals surface area contributed by atoms with Crippen LogP contribution in [0.2, 0.25) is 0 Å². The maximum atomic E-state index is 8.94. The summed E-state index contributed by atoms with van der Waals surface area (Å²) in [5.74, 6) is 0.441. The van der Waals surface area contributed by atoms with Gasteiger partial charge in [0, 0.05) is 6.54 Å². The minimum atomic E-state index is -0.592. The van der Waals surface area contributed by atoms with Crippen molar-refractivity contribution in [2.24, 2.45) is 11.7 Å². The van der Waals surface area contributed by atoms with Gasteiger partial charge in [0.1, 0.15) is 5.54 Å². The lowest BCUT2D eigenvalue weighted by atomic mass is 9.96. The molecule has 0 aromatic heterocycles. The summed E-state index contributed by atoms with van der Waals surface area (Å²) in [4.78, 5) is 2.10. The third-order valence-corrected chi connectivity index (χ3v) is 2.59. The van der Waals surface area contributed by atoms with E-state index in [1.807, 2.05) is 7.05 Å². The fraction of sp³-hybridized carbons (Fsp3) is 0.889. The van der Waals surface area contributed by atoms with Gasteiger partial charge in [0.25, 0.3) is 0 Å². The fourth-order valence-electron chi connectivity index (χ4n) is 1.41. The molecule has 0 aromatic carbocycles. The van der Waals surface area contributed by atoms with E-state index in [1.165, 1.54) is 0 Å². The van der Waals surface area contributed by atoms with E-state index in [0.29, 0.717) is 12.5 Å². The van der Waals surface area contributed by atoms with Crippen molar-refractivity contribution < 1.29 is 0 Å². The van der Waals surface area contributed by atoms with Gasteiger partial charge in [0.05, 0.1) is 6.07 Å². The van der Waals surface area contributed by atoms with Crippen molar-refractivity contribution in [3.05, 3.63) is 0 Å². The summed E-state index contributed by atoms with van der Waals surface area (Å²) < 4.78 is 0. The average Bonchev–Trinajstić information content (AvgIpc) is 2.86. The van der Waals surface area contributed by atoms with Gasteiger partial charge in [-0.3, -0.25) is 0 Å². The van der Waals surface area contributed by atoms with Gasteiger partial charge >= 0.3 is 0 Å². The molecule has 3 nitrogen and oxygen atoms in total. The van der Waals surface area contributed by atoms with Crippen LogP contribution in [0.3, 0.4) is 0 Å². The molecule has 0 aliphatic heterocycles. The smallest absolute Gasteiger partial charge is 0.119 e. The maximum Gasteiger partial charge on any atom is 0.119 e. The first kappa shape index (κ1) is 9.50. The van der Waals surface area contributed by atoms with E-state index >= 15 is 0 Å². The minimum absolute atomic E-state index is 0.441. The van der Waals surface area contributed by atoms with Crippen LogP contribution in [0.5, 0.6) is 0 Å². The number of rotatable bonds is 4. The predicted molar refractivity (Wildman–Crippen MR) is 48.4 cm³/mol. The molecule has 1 atom stereocenters. The van der Waals surface area contributed by atoms with Crippen LogP contribution in [0.25, 0.3) is 0 Å². The third-order valence-electron chi connectivity index (χ3n) is 2.59. The first-order valence-electron chi connectivity index (χ1n) is 4.51. The van der Waals surface area contributed by atoms with Gasteiger partial charge in [-0.2, -0.15) is 5.26 Å². The van der Waals surface area contributed by atoms with Crippen molar-refractivity contribution in [2.45, 2.75) is 25.3 Å². The molecule has 1 fully saturated rings. The molecule has 12 heavy (non-hydrogen) atoms. The molecule has 0 radical (unpaired) electrons. The minimum Gasteiger partial charge on any atom is -0.312 e. The summed E-state index contributed by atoms with van der Waals surface area (Å²) in [6, 6.07) is 2.24. The normalized spacial score (nSPS) is 21.9. The fourth-order valence-corrected chi connectivity index (χ4v) is 1.41. The van der Waals surface area contributed by atoms with Crippen molar-refractivity contribution in [3.63, 3.8) is 0 Å². The van der Waals surface area contributed by atoms with E-state index in [4.69, 9.17) is 11.0 Å². The Morgan fingerprint density at radius 1 is 1.67 bits per heavy atom. The van der Waals surface area contributed by atoms with E-state index in [0.717, 1.165) is 19.4 Å². The lowest BCUT2D eigenvalue weighted by Crippen LogP contribution is -2.50. The van der Waals surface area contributed by atoms with E-state index in [2.05, 4.69) is 17.9 Å². The van der Waals surface area contributed by atoms with Gasteiger partial charge < -0.3 is 10.6 Å². The second-order valence-electron chi connectivity index (χ2n) is 3.76. The molecule has 0 heterocycles. The molecular weight excluding hydrogens is 150 g/mol. The Morgan fingerprint density at radius 2 is 2.25 bits per heavy atom. The number of likely N-dealkylation sites (N-methyl/N-ethyl adjacent to an activating group) is 1. The molecule has 68 valence electrons. The molecule has 1 rings (SSSR count). The van der Waals surface area contributed by atoms with Crippen molar-refractivity contribution >= 4 is 0 Å². The highest BCUT2D eigenvalue weighted by atomic mass is 15.1. The SMILES string of the molecule is CCN(C)CC(N)(C#N)C1CC1. The van der Waals surface area contributed by atoms with E-state index < -0.39 is 5.54 Å². The molecule has 0 saturated heterocycles. The van der Waals surface area contributed by atoms with E-state index in [-0.39, 0.29) is 0 Å². The number of nitriles is 1. The Balaban J connectivity index is 2.50.